The summed E-state index contributed by atoms with van der Waals surface area (Å²) in [5.41, 5.74) is 0.468. The Bertz CT molecular complexity index is 738. The van der Waals surface area contributed by atoms with E-state index in [2.05, 4.69) is 20.8 Å². The van der Waals surface area contributed by atoms with Crippen molar-refractivity contribution in [3.63, 3.8) is 0 Å². The van der Waals surface area contributed by atoms with Crippen LogP contribution in [0.5, 0.6) is 0 Å². The van der Waals surface area contributed by atoms with E-state index in [1.165, 1.54) is 12.8 Å². The molecule has 1 aliphatic carbocycles. The molecule has 0 radical (unpaired) electrons. The predicted octanol–water partition coefficient (Wildman–Crippen LogP) is 4.25. The van der Waals surface area contributed by atoms with Crippen LogP contribution in [0.25, 0.3) is 5.57 Å². The minimum atomic E-state index is -0.172. The Labute approximate surface area is 149 Å². The Hall–Kier alpha value is -2.55. The molecule has 1 heterocycles. The molecule has 1 fully saturated rings. The van der Waals surface area contributed by atoms with E-state index in [0.29, 0.717) is 30.2 Å². The molecule has 130 valence electrons. The van der Waals surface area contributed by atoms with E-state index in [1.807, 2.05) is 12.3 Å². The van der Waals surface area contributed by atoms with Gasteiger partial charge in [0.05, 0.1) is 11.8 Å². The maximum Gasteiger partial charge on any atom is 0.149 e. The van der Waals surface area contributed by atoms with Gasteiger partial charge in [0, 0.05) is 6.20 Å². The highest BCUT2D eigenvalue weighted by atomic mass is 16.5. The first-order valence-corrected chi connectivity index (χ1v) is 8.73. The van der Waals surface area contributed by atoms with Gasteiger partial charge in [0.15, 0.2) is 0 Å². The number of ether oxygens (including phenoxy) is 1. The van der Waals surface area contributed by atoms with Crippen LogP contribution in [0.3, 0.4) is 0 Å². The third-order valence-corrected chi connectivity index (χ3v) is 5.06. The minimum absolute atomic E-state index is 0.0935. The van der Waals surface area contributed by atoms with Gasteiger partial charge in [0.25, 0.3) is 0 Å². The Balaban J connectivity index is 2.19. The summed E-state index contributed by atoms with van der Waals surface area (Å²) in [6, 6.07) is 9.10. The second-order valence-electron chi connectivity index (χ2n) is 7.11. The van der Waals surface area contributed by atoms with E-state index in [1.54, 1.807) is 28.8 Å². The highest BCUT2D eigenvalue weighted by Crippen LogP contribution is 2.35. The fourth-order valence-electron chi connectivity index (χ4n) is 3.61. The molecule has 1 aromatic heterocycles. The summed E-state index contributed by atoms with van der Waals surface area (Å²) in [5, 5.41) is 27.5. The first kappa shape index (κ1) is 18.8. The quantitative estimate of drug-likeness (QED) is 0.752. The Morgan fingerprint density at radius 2 is 1.96 bits per heavy atom. The van der Waals surface area contributed by atoms with Crippen LogP contribution in [0, 0.1) is 51.7 Å². The molecule has 0 saturated heterocycles. The number of rotatable bonds is 5. The van der Waals surface area contributed by atoms with Gasteiger partial charge in [-0.3, -0.25) is 0 Å². The number of nitrogens with zero attached hydrogens (tertiary/aromatic N) is 4. The summed E-state index contributed by atoms with van der Waals surface area (Å²) in [6.07, 6.45) is 5.47. The van der Waals surface area contributed by atoms with Gasteiger partial charge >= 0.3 is 0 Å². The molecule has 5 heteroatoms. The standard InChI is InChI=1S/C20H24N4O/c1-14(2)17-7-6-15(3)9-20(17)25-13-24-8-4-5-19(24)18(12-23)16(10-21)11-22/h4-5,8,14-15,17,20H,6-7,9,13H2,1-3H3/t15-,17+,20-/m1/s1. The summed E-state index contributed by atoms with van der Waals surface area (Å²) < 4.78 is 8.01. The molecule has 0 bridgehead atoms. The van der Waals surface area contributed by atoms with Gasteiger partial charge < -0.3 is 9.30 Å². The van der Waals surface area contributed by atoms with E-state index in [9.17, 15) is 5.26 Å². The van der Waals surface area contributed by atoms with Crippen molar-refractivity contribution in [2.45, 2.75) is 52.9 Å². The second-order valence-corrected chi connectivity index (χ2v) is 7.11. The molecule has 25 heavy (non-hydrogen) atoms. The molecule has 1 aromatic rings. The molecule has 0 aromatic carbocycles. The number of hydrogen-bond donors (Lipinski definition) is 0. The average molecular weight is 336 g/mol. The Morgan fingerprint density at radius 3 is 2.56 bits per heavy atom. The van der Waals surface area contributed by atoms with Crippen LogP contribution in [-0.2, 0) is 11.5 Å². The van der Waals surface area contributed by atoms with Crippen LogP contribution in [0.1, 0.15) is 45.7 Å². The normalized spacial score (nSPS) is 22.7. The van der Waals surface area contributed by atoms with Gasteiger partial charge in [0.1, 0.15) is 36.1 Å². The van der Waals surface area contributed by atoms with Crippen LogP contribution >= 0.6 is 0 Å². The topological polar surface area (TPSA) is 85.5 Å². The predicted molar refractivity (Wildman–Crippen MR) is 94.4 cm³/mol. The van der Waals surface area contributed by atoms with Crippen molar-refractivity contribution >= 4 is 5.57 Å². The Morgan fingerprint density at radius 1 is 1.24 bits per heavy atom. The molecule has 0 unspecified atom stereocenters. The van der Waals surface area contributed by atoms with Crippen LogP contribution in [-0.4, -0.2) is 10.7 Å². The van der Waals surface area contributed by atoms with Crippen LogP contribution in [0.4, 0.5) is 0 Å². The zero-order valence-electron chi connectivity index (χ0n) is 15.1. The van der Waals surface area contributed by atoms with Crippen LogP contribution in [0.15, 0.2) is 23.9 Å². The molecule has 3 atom stereocenters. The summed E-state index contributed by atoms with van der Waals surface area (Å²) in [6.45, 7) is 7.05. The lowest BCUT2D eigenvalue weighted by atomic mass is 9.75. The highest BCUT2D eigenvalue weighted by molar-refractivity contribution is 5.83. The second kappa shape index (κ2) is 8.52. The molecule has 1 saturated carbocycles. The first-order chi connectivity index (χ1) is 12.0. The zero-order chi connectivity index (χ0) is 18.4. The number of hydrogen-bond acceptors (Lipinski definition) is 4. The van der Waals surface area contributed by atoms with Crippen molar-refractivity contribution in [1.82, 2.24) is 4.57 Å². The van der Waals surface area contributed by atoms with Gasteiger partial charge in [-0.2, -0.15) is 15.8 Å². The van der Waals surface area contributed by atoms with Gasteiger partial charge in [-0.1, -0.05) is 27.2 Å². The van der Waals surface area contributed by atoms with E-state index < -0.39 is 0 Å². The van der Waals surface area contributed by atoms with E-state index in [0.717, 1.165) is 6.42 Å². The fourth-order valence-corrected chi connectivity index (χ4v) is 3.61. The van der Waals surface area contributed by atoms with Crippen LogP contribution < -0.4 is 0 Å². The third kappa shape index (κ3) is 4.30. The third-order valence-electron chi connectivity index (χ3n) is 5.06. The van der Waals surface area contributed by atoms with Crippen molar-refractivity contribution < 1.29 is 4.74 Å². The summed E-state index contributed by atoms with van der Waals surface area (Å²) in [5.74, 6) is 1.76. The zero-order valence-corrected chi connectivity index (χ0v) is 15.1. The molecule has 0 N–H and O–H groups in total. The molecule has 1 aliphatic rings. The van der Waals surface area contributed by atoms with E-state index in [-0.39, 0.29) is 17.3 Å². The van der Waals surface area contributed by atoms with Crippen molar-refractivity contribution in [2.75, 3.05) is 0 Å². The first-order valence-electron chi connectivity index (χ1n) is 8.73. The minimum Gasteiger partial charge on any atom is -0.357 e. The number of allylic oxidation sites excluding steroid dienone is 2. The van der Waals surface area contributed by atoms with Gasteiger partial charge in [0.2, 0.25) is 0 Å². The van der Waals surface area contributed by atoms with Crippen molar-refractivity contribution in [3.05, 3.63) is 29.6 Å². The monoisotopic (exact) mass is 336 g/mol. The van der Waals surface area contributed by atoms with Gasteiger partial charge in [-0.25, -0.2) is 0 Å². The smallest absolute Gasteiger partial charge is 0.149 e. The molecule has 5 nitrogen and oxygen atoms in total. The molecular weight excluding hydrogens is 312 g/mol. The largest absolute Gasteiger partial charge is 0.357 e. The molecule has 0 aliphatic heterocycles. The maximum atomic E-state index is 9.36. The lowest BCUT2D eigenvalue weighted by Crippen LogP contribution is -2.34. The summed E-state index contributed by atoms with van der Waals surface area (Å²) in [4.78, 5) is 0. The molecular formula is C20H24N4O. The van der Waals surface area contributed by atoms with Crippen molar-refractivity contribution in [2.24, 2.45) is 17.8 Å². The summed E-state index contributed by atoms with van der Waals surface area (Å²) >= 11 is 0. The molecule has 0 spiro atoms. The molecule has 0 amide bonds. The van der Waals surface area contributed by atoms with Crippen molar-refractivity contribution in [3.8, 4) is 18.2 Å². The SMILES string of the molecule is CC(C)[C@@H]1CC[C@@H](C)C[C@H]1OCn1cccc1C(C#N)=C(C#N)C#N. The lowest BCUT2D eigenvalue weighted by Gasteiger charge is -2.37. The Kier molecular flexibility index (Phi) is 6.40. The number of nitriles is 3. The van der Waals surface area contributed by atoms with Crippen molar-refractivity contribution in [1.29, 1.82) is 15.8 Å². The van der Waals surface area contributed by atoms with E-state index >= 15 is 0 Å². The molecule has 2 rings (SSSR count). The number of aromatic nitrogens is 1. The van der Waals surface area contributed by atoms with Gasteiger partial charge in [-0.15, -0.1) is 0 Å². The lowest BCUT2D eigenvalue weighted by molar-refractivity contribution is -0.0678. The highest BCUT2D eigenvalue weighted by Gasteiger charge is 2.31. The average Bonchev–Trinajstić information content (AvgIpc) is 3.05. The van der Waals surface area contributed by atoms with Crippen LogP contribution in [0.2, 0.25) is 0 Å². The maximum absolute atomic E-state index is 9.36. The summed E-state index contributed by atoms with van der Waals surface area (Å²) in [7, 11) is 0. The van der Waals surface area contributed by atoms with Gasteiger partial charge in [-0.05, 0) is 42.7 Å². The van der Waals surface area contributed by atoms with E-state index in [4.69, 9.17) is 15.3 Å². The fraction of sp³-hybridized carbons (Fsp3) is 0.550.